The molecule has 2 fully saturated rings. The van der Waals surface area contributed by atoms with Crippen molar-refractivity contribution >= 4 is 11.9 Å². The summed E-state index contributed by atoms with van der Waals surface area (Å²) in [5.74, 6) is 1.42. The van der Waals surface area contributed by atoms with Gasteiger partial charge in [0.2, 0.25) is 0 Å². The van der Waals surface area contributed by atoms with Gasteiger partial charge < -0.3 is 19.0 Å². The van der Waals surface area contributed by atoms with Crippen LogP contribution in [0.3, 0.4) is 0 Å². The number of carbonyl (C=O) groups is 2. The van der Waals surface area contributed by atoms with Gasteiger partial charge in [0.05, 0.1) is 19.5 Å². The predicted molar refractivity (Wildman–Crippen MR) is 110 cm³/mol. The molecule has 1 heterocycles. The summed E-state index contributed by atoms with van der Waals surface area (Å²) >= 11 is 0. The van der Waals surface area contributed by atoms with E-state index in [9.17, 15) is 14.7 Å². The largest absolute Gasteiger partial charge is 0.469 e. The van der Waals surface area contributed by atoms with Crippen LogP contribution in [-0.2, 0) is 25.5 Å². The molecule has 0 aromatic carbocycles. The Morgan fingerprint density at radius 3 is 2.70 bits per heavy atom. The molecule has 1 aromatic rings. The highest BCUT2D eigenvalue weighted by atomic mass is 16.5. The Labute approximate surface area is 178 Å². The zero-order chi connectivity index (χ0) is 21.7. The number of aliphatic hydroxyl groups is 1. The molecule has 4 rings (SSSR count). The van der Waals surface area contributed by atoms with Crippen molar-refractivity contribution in [3.63, 3.8) is 0 Å². The van der Waals surface area contributed by atoms with Gasteiger partial charge in [-0.2, -0.15) is 0 Å². The van der Waals surface area contributed by atoms with E-state index in [2.05, 4.69) is 19.9 Å². The average molecular weight is 419 g/mol. The van der Waals surface area contributed by atoms with Gasteiger partial charge in [0, 0.05) is 31.6 Å². The Morgan fingerprint density at radius 1 is 1.27 bits per heavy atom. The Balaban J connectivity index is 1.78. The first-order valence-electron chi connectivity index (χ1n) is 11.2. The summed E-state index contributed by atoms with van der Waals surface area (Å²) in [4.78, 5) is 23.7. The molecular formula is C24H34O6. The number of ether oxygens (including phenoxy) is 2. The minimum Gasteiger partial charge on any atom is -0.469 e. The van der Waals surface area contributed by atoms with E-state index in [0.717, 1.165) is 37.9 Å². The van der Waals surface area contributed by atoms with Crippen molar-refractivity contribution in [2.75, 3.05) is 13.2 Å². The van der Waals surface area contributed by atoms with Gasteiger partial charge in [-0.05, 0) is 54.1 Å². The van der Waals surface area contributed by atoms with Gasteiger partial charge >= 0.3 is 11.9 Å². The fourth-order valence-corrected chi connectivity index (χ4v) is 7.37. The maximum Gasteiger partial charge on any atom is 0.302 e. The number of carbonyl (C=O) groups excluding carboxylic acids is 2. The van der Waals surface area contributed by atoms with Crippen LogP contribution < -0.4 is 0 Å². The monoisotopic (exact) mass is 418 g/mol. The zero-order valence-electron chi connectivity index (χ0n) is 18.5. The van der Waals surface area contributed by atoms with E-state index >= 15 is 0 Å². The van der Waals surface area contributed by atoms with Crippen LogP contribution in [0.2, 0.25) is 0 Å². The first-order valence-corrected chi connectivity index (χ1v) is 11.2. The highest BCUT2D eigenvalue weighted by molar-refractivity contribution is 5.66. The second kappa shape index (κ2) is 7.70. The van der Waals surface area contributed by atoms with E-state index in [-0.39, 0.29) is 42.6 Å². The van der Waals surface area contributed by atoms with Gasteiger partial charge in [-0.15, -0.1) is 0 Å². The van der Waals surface area contributed by atoms with Crippen LogP contribution in [0.1, 0.15) is 70.6 Å². The molecule has 3 aliphatic rings. The lowest BCUT2D eigenvalue weighted by Crippen LogP contribution is -2.63. The van der Waals surface area contributed by atoms with Crippen molar-refractivity contribution in [2.24, 2.45) is 28.6 Å². The van der Waals surface area contributed by atoms with E-state index in [4.69, 9.17) is 13.9 Å². The number of hydrogen-bond acceptors (Lipinski definition) is 6. The third kappa shape index (κ3) is 3.28. The Kier molecular flexibility index (Phi) is 5.50. The van der Waals surface area contributed by atoms with Crippen molar-refractivity contribution in [3.05, 3.63) is 23.7 Å². The zero-order valence-corrected chi connectivity index (χ0v) is 18.5. The Hall–Kier alpha value is -1.82. The standard InChI is InChI=1S/C24H34O6/c1-14-17-6-9-28-20(17)11-19-18(14)10-21(30-16(3)27)22-23(19,4)7-5-8-24(22,12-25)13-29-15(2)26/h6,9,14,18-19,21-22,25H,5,7-8,10-13H2,1-4H3/t14-,18?,19?,21+,22?,23+,24-/m0/s1. The third-order valence-corrected chi connectivity index (χ3v) is 8.51. The molecule has 30 heavy (non-hydrogen) atoms. The van der Waals surface area contributed by atoms with E-state index in [1.54, 1.807) is 6.26 Å². The number of furan rings is 1. The minimum absolute atomic E-state index is 0.0723. The molecule has 0 saturated heterocycles. The first kappa shape index (κ1) is 21.4. The molecule has 0 radical (unpaired) electrons. The minimum atomic E-state index is -0.601. The molecule has 0 bridgehead atoms. The fourth-order valence-electron chi connectivity index (χ4n) is 7.37. The molecule has 2 saturated carbocycles. The van der Waals surface area contributed by atoms with Gasteiger partial charge in [-0.1, -0.05) is 20.3 Å². The molecule has 6 nitrogen and oxygen atoms in total. The SMILES string of the molecule is CC(=O)OC[C@@]1(CO)CCC[C@]2(C)C3Cc4occc4[C@H](C)C3C[C@@H](OC(C)=O)C12. The summed E-state index contributed by atoms with van der Waals surface area (Å²) in [5.41, 5.74) is 0.517. The maximum atomic E-state index is 12.1. The van der Waals surface area contributed by atoms with Crippen LogP contribution in [0, 0.1) is 28.6 Å². The topological polar surface area (TPSA) is 86.0 Å². The lowest BCUT2D eigenvalue weighted by Gasteiger charge is -2.63. The van der Waals surface area contributed by atoms with Crippen molar-refractivity contribution in [1.82, 2.24) is 0 Å². The molecule has 3 unspecified atom stereocenters. The summed E-state index contributed by atoms with van der Waals surface area (Å²) in [6.45, 7) is 7.48. The van der Waals surface area contributed by atoms with Crippen molar-refractivity contribution in [3.8, 4) is 0 Å². The van der Waals surface area contributed by atoms with E-state index < -0.39 is 5.41 Å². The summed E-state index contributed by atoms with van der Waals surface area (Å²) < 4.78 is 17.3. The quantitative estimate of drug-likeness (QED) is 0.748. The molecule has 0 aliphatic heterocycles. The molecule has 0 spiro atoms. The smallest absolute Gasteiger partial charge is 0.302 e. The second-order valence-electron chi connectivity index (χ2n) is 10.1. The summed E-state index contributed by atoms with van der Waals surface area (Å²) in [7, 11) is 0. The predicted octanol–water partition coefficient (Wildman–Crippen LogP) is 3.86. The number of esters is 2. The van der Waals surface area contributed by atoms with Crippen molar-refractivity contribution < 1.29 is 28.6 Å². The molecule has 6 heteroatoms. The lowest BCUT2D eigenvalue weighted by molar-refractivity contribution is -0.215. The Morgan fingerprint density at radius 2 is 2.03 bits per heavy atom. The highest BCUT2D eigenvalue weighted by Crippen LogP contribution is 2.65. The summed E-state index contributed by atoms with van der Waals surface area (Å²) in [6, 6.07) is 2.07. The average Bonchev–Trinajstić information content (AvgIpc) is 3.16. The van der Waals surface area contributed by atoms with Gasteiger partial charge in [0.25, 0.3) is 0 Å². The number of hydrogen-bond donors (Lipinski definition) is 1. The van der Waals surface area contributed by atoms with Gasteiger partial charge in [-0.25, -0.2) is 0 Å². The van der Waals surface area contributed by atoms with Crippen molar-refractivity contribution in [2.45, 2.75) is 71.8 Å². The number of fused-ring (bicyclic) bond motifs is 4. The molecule has 1 aromatic heterocycles. The molecule has 166 valence electrons. The highest BCUT2D eigenvalue weighted by Gasteiger charge is 2.64. The molecule has 3 aliphatic carbocycles. The molecular weight excluding hydrogens is 384 g/mol. The van der Waals surface area contributed by atoms with Crippen molar-refractivity contribution in [1.29, 1.82) is 0 Å². The number of rotatable bonds is 4. The van der Waals surface area contributed by atoms with E-state index in [1.165, 1.54) is 19.4 Å². The normalized spacial score (nSPS) is 40.0. The van der Waals surface area contributed by atoms with Crippen LogP contribution >= 0.6 is 0 Å². The summed E-state index contributed by atoms with van der Waals surface area (Å²) in [6.07, 6.45) is 5.82. The van der Waals surface area contributed by atoms with Crippen LogP contribution in [0.15, 0.2) is 16.7 Å². The van der Waals surface area contributed by atoms with Crippen LogP contribution in [0.4, 0.5) is 0 Å². The molecule has 1 N–H and O–H groups in total. The lowest BCUT2D eigenvalue weighted by atomic mass is 9.42. The van der Waals surface area contributed by atoms with Gasteiger partial charge in [-0.3, -0.25) is 9.59 Å². The number of aliphatic hydroxyl groups excluding tert-OH is 1. The van der Waals surface area contributed by atoms with Crippen LogP contribution in [-0.4, -0.2) is 36.4 Å². The first-order chi connectivity index (χ1) is 14.2. The van der Waals surface area contributed by atoms with Crippen LogP contribution in [0.25, 0.3) is 0 Å². The summed E-state index contributed by atoms with van der Waals surface area (Å²) in [5, 5.41) is 10.6. The third-order valence-electron chi connectivity index (χ3n) is 8.51. The van der Waals surface area contributed by atoms with Gasteiger partial charge in [0.1, 0.15) is 11.9 Å². The second-order valence-corrected chi connectivity index (χ2v) is 10.1. The van der Waals surface area contributed by atoms with Gasteiger partial charge in [0.15, 0.2) is 0 Å². The fraction of sp³-hybridized carbons (Fsp3) is 0.750. The Bertz CT molecular complexity index is 814. The molecule has 7 atom stereocenters. The van der Waals surface area contributed by atoms with E-state index in [0.29, 0.717) is 17.8 Å². The van der Waals surface area contributed by atoms with E-state index in [1.807, 2.05) is 0 Å². The van der Waals surface area contributed by atoms with Crippen LogP contribution in [0.5, 0.6) is 0 Å². The maximum absolute atomic E-state index is 12.1. The molecule has 0 amide bonds.